The topological polar surface area (TPSA) is 119 Å². The molecule has 1 saturated heterocycles. The van der Waals surface area contributed by atoms with Crippen LogP contribution in [0.2, 0.25) is 0 Å². The smallest absolute Gasteiger partial charge is 0.315 e. The van der Waals surface area contributed by atoms with Crippen LogP contribution in [0.25, 0.3) is 18.2 Å². The van der Waals surface area contributed by atoms with Crippen molar-refractivity contribution in [1.82, 2.24) is 20.6 Å². The summed E-state index contributed by atoms with van der Waals surface area (Å²) in [6.45, 7) is 4.25. The van der Waals surface area contributed by atoms with E-state index in [1.54, 1.807) is 12.3 Å². The zero-order valence-electron chi connectivity index (χ0n) is 19.5. The Balaban J connectivity index is 1.66. The highest BCUT2D eigenvalue weighted by Crippen LogP contribution is 2.39. The molecule has 0 radical (unpaired) electrons. The Bertz CT molecular complexity index is 1310. The van der Waals surface area contributed by atoms with Gasteiger partial charge in [-0.3, -0.25) is 9.59 Å². The van der Waals surface area contributed by atoms with Gasteiger partial charge in [-0.15, -0.1) is 0 Å². The number of ether oxygens (including phenoxy) is 1. The summed E-state index contributed by atoms with van der Waals surface area (Å²) < 4.78 is 5.04. The number of aryl methyl sites for hydroxylation is 1. The predicted octanol–water partition coefficient (Wildman–Crippen LogP) is 0.821. The van der Waals surface area contributed by atoms with Crippen molar-refractivity contribution in [3.8, 4) is 0 Å². The van der Waals surface area contributed by atoms with Gasteiger partial charge in [0.2, 0.25) is 0 Å². The van der Waals surface area contributed by atoms with E-state index in [2.05, 4.69) is 46.6 Å². The number of aromatic nitrogens is 2. The first-order chi connectivity index (χ1) is 16.4. The molecule has 4 heterocycles. The van der Waals surface area contributed by atoms with E-state index in [4.69, 9.17) is 4.74 Å². The van der Waals surface area contributed by atoms with Crippen LogP contribution in [0.15, 0.2) is 29.6 Å². The van der Waals surface area contributed by atoms with Crippen molar-refractivity contribution in [3.05, 3.63) is 62.8 Å². The Morgan fingerprint density at radius 1 is 1.26 bits per heavy atom. The van der Waals surface area contributed by atoms with Gasteiger partial charge in [0, 0.05) is 52.4 Å². The van der Waals surface area contributed by atoms with E-state index >= 15 is 0 Å². The lowest BCUT2D eigenvalue weighted by atomic mass is 9.90. The third kappa shape index (κ3) is 3.93. The van der Waals surface area contributed by atoms with Crippen LogP contribution in [0.3, 0.4) is 0 Å². The summed E-state index contributed by atoms with van der Waals surface area (Å²) >= 11 is 0. The first-order valence-corrected chi connectivity index (χ1v) is 11.6. The minimum Gasteiger partial charge on any atom is -0.468 e. The average Bonchev–Trinajstić information content (AvgIpc) is 3.54. The normalized spacial score (nSPS) is 31.0. The van der Waals surface area contributed by atoms with Gasteiger partial charge in [0.15, 0.2) is 6.29 Å². The van der Waals surface area contributed by atoms with Gasteiger partial charge >= 0.3 is 5.97 Å². The third-order valence-electron chi connectivity index (χ3n) is 7.20. The number of rotatable bonds is 2. The highest BCUT2D eigenvalue weighted by molar-refractivity contribution is 5.82. The maximum absolute atomic E-state index is 12.6. The van der Waals surface area contributed by atoms with Crippen LogP contribution in [-0.2, 0) is 9.53 Å². The van der Waals surface area contributed by atoms with Gasteiger partial charge in [0.05, 0.1) is 18.9 Å². The molecule has 1 aliphatic carbocycles. The molecule has 3 unspecified atom stereocenters. The quantitative estimate of drug-likeness (QED) is 0.333. The summed E-state index contributed by atoms with van der Waals surface area (Å²) in [5, 5.41) is 19.7. The van der Waals surface area contributed by atoms with Crippen molar-refractivity contribution >= 4 is 30.5 Å². The molecule has 5 rings (SSSR count). The van der Waals surface area contributed by atoms with Crippen LogP contribution >= 0.6 is 0 Å². The molecule has 8 nitrogen and oxygen atoms in total. The number of fused-ring (bicyclic) bond motifs is 7. The second-order valence-corrected chi connectivity index (χ2v) is 9.49. The molecule has 2 aromatic rings. The first kappa shape index (κ1) is 22.4. The van der Waals surface area contributed by atoms with Gasteiger partial charge in [-0.05, 0) is 60.8 Å². The van der Waals surface area contributed by atoms with Gasteiger partial charge in [-0.1, -0.05) is 6.92 Å². The molecule has 178 valence electrons. The van der Waals surface area contributed by atoms with E-state index in [9.17, 15) is 14.7 Å². The SMILES string of the molecule is COC(=O)[C@@H]1C2=C(CC1O)N/C=C\c1cc(C=O)c([nH]1)/C=c1/cc(C)/c([nH]1)=C\C1NC2C[C@@H]1C. The summed E-state index contributed by atoms with van der Waals surface area (Å²) in [5.74, 6) is -0.816. The van der Waals surface area contributed by atoms with Crippen LogP contribution < -0.4 is 21.3 Å². The molecular weight excluding hydrogens is 432 g/mol. The van der Waals surface area contributed by atoms with Crippen molar-refractivity contribution in [2.75, 3.05) is 7.11 Å². The van der Waals surface area contributed by atoms with Crippen LogP contribution in [0, 0.1) is 18.8 Å². The van der Waals surface area contributed by atoms with E-state index in [1.807, 2.05) is 12.2 Å². The fraction of sp³-hybridized carbons (Fsp3) is 0.385. The molecule has 1 fully saturated rings. The average molecular weight is 463 g/mol. The molecule has 34 heavy (non-hydrogen) atoms. The van der Waals surface area contributed by atoms with Crippen LogP contribution in [0.1, 0.15) is 47.1 Å². The number of nitrogens with one attached hydrogen (secondary N) is 4. The number of aliphatic hydroxyl groups is 1. The Morgan fingerprint density at radius 3 is 2.85 bits per heavy atom. The minimum absolute atomic E-state index is 0.0682. The Kier molecular flexibility index (Phi) is 5.79. The molecule has 0 spiro atoms. The second-order valence-electron chi connectivity index (χ2n) is 9.49. The molecule has 5 atom stereocenters. The third-order valence-corrected chi connectivity index (χ3v) is 7.20. The minimum atomic E-state index is -0.845. The number of carbonyl (C=O) groups excluding carboxylic acids is 2. The number of hydrogen-bond acceptors (Lipinski definition) is 6. The fourth-order valence-electron chi connectivity index (χ4n) is 5.47. The van der Waals surface area contributed by atoms with Gasteiger partial charge < -0.3 is 30.4 Å². The lowest BCUT2D eigenvalue weighted by Gasteiger charge is -2.22. The molecule has 8 heteroatoms. The second kappa shape index (κ2) is 8.77. The van der Waals surface area contributed by atoms with Crippen molar-refractivity contribution in [2.24, 2.45) is 11.8 Å². The molecule has 3 aliphatic rings. The summed E-state index contributed by atoms with van der Waals surface area (Å²) in [4.78, 5) is 31.0. The van der Waals surface area contributed by atoms with Crippen molar-refractivity contribution in [1.29, 1.82) is 0 Å². The van der Waals surface area contributed by atoms with Crippen LogP contribution in [0.4, 0.5) is 0 Å². The number of carbonyl (C=O) groups is 2. The van der Waals surface area contributed by atoms with Crippen molar-refractivity contribution in [2.45, 2.75) is 44.9 Å². The lowest BCUT2D eigenvalue weighted by Crippen LogP contribution is -2.38. The van der Waals surface area contributed by atoms with E-state index in [-0.39, 0.29) is 12.1 Å². The van der Waals surface area contributed by atoms with Crippen LogP contribution in [0.5, 0.6) is 0 Å². The zero-order valence-corrected chi connectivity index (χ0v) is 19.5. The highest BCUT2D eigenvalue weighted by Gasteiger charge is 2.45. The number of aromatic amines is 2. The monoisotopic (exact) mass is 462 g/mol. The fourth-order valence-corrected chi connectivity index (χ4v) is 5.47. The van der Waals surface area contributed by atoms with Gasteiger partial charge in [0.1, 0.15) is 5.92 Å². The molecule has 0 aromatic carbocycles. The van der Waals surface area contributed by atoms with E-state index < -0.39 is 18.0 Å². The molecular formula is C26H30N4O4. The molecule has 0 amide bonds. The highest BCUT2D eigenvalue weighted by atomic mass is 16.5. The van der Waals surface area contributed by atoms with Crippen LogP contribution in [-0.4, -0.2) is 52.6 Å². The van der Waals surface area contributed by atoms with Crippen molar-refractivity contribution in [3.63, 3.8) is 0 Å². The van der Waals surface area contributed by atoms with E-state index in [0.717, 1.165) is 51.6 Å². The molecule has 2 aromatic heterocycles. The molecule has 2 aliphatic heterocycles. The summed E-state index contributed by atoms with van der Waals surface area (Å²) in [5.41, 5.74) is 4.85. The number of esters is 1. The van der Waals surface area contributed by atoms with Gasteiger partial charge in [-0.25, -0.2) is 0 Å². The van der Waals surface area contributed by atoms with Crippen molar-refractivity contribution < 1.29 is 19.4 Å². The summed E-state index contributed by atoms with van der Waals surface area (Å²) in [6, 6.07) is 3.88. The number of hydrogen-bond donors (Lipinski definition) is 5. The zero-order chi connectivity index (χ0) is 24.0. The Labute approximate surface area is 197 Å². The maximum atomic E-state index is 12.6. The Hall–Kier alpha value is -3.36. The molecule has 6 bridgehead atoms. The number of aldehydes is 1. The molecule has 0 saturated carbocycles. The summed E-state index contributed by atoms with van der Waals surface area (Å²) in [6.07, 6.45) is 8.91. The Morgan fingerprint density at radius 2 is 2.09 bits per heavy atom. The number of aliphatic hydroxyl groups excluding tert-OH is 1. The van der Waals surface area contributed by atoms with Gasteiger partial charge in [0.25, 0.3) is 0 Å². The predicted molar refractivity (Wildman–Crippen MR) is 129 cm³/mol. The lowest BCUT2D eigenvalue weighted by molar-refractivity contribution is -0.147. The van der Waals surface area contributed by atoms with E-state index in [0.29, 0.717) is 17.9 Å². The summed E-state index contributed by atoms with van der Waals surface area (Å²) in [7, 11) is 1.35. The molecule has 5 N–H and O–H groups in total. The number of H-pyrrole nitrogens is 2. The van der Waals surface area contributed by atoms with Gasteiger partial charge in [-0.2, -0.15) is 0 Å². The maximum Gasteiger partial charge on any atom is 0.315 e. The first-order valence-electron chi connectivity index (χ1n) is 11.6. The number of methoxy groups -OCH3 is 1. The van der Waals surface area contributed by atoms with E-state index in [1.165, 1.54) is 7.11 Å². The largest absolute Gasteiger partial charge is 0.468 e. The standard InChI is InChI=1S/C26H30N4O4/c1-13-6-17-9-20-15(12-31)8-16(28-20)4-5-27-21-11-23(32)25(26(33)34-3)24(21)22-7-14(2)19(30-22)10-18(13)29-17/h4-6,8-10,12,14,19,22-23,25,27-30,32H,7,11H2,1-3H3/b5-4-,17-9-,18-10+/t14-,19?,22?,23?,25-/m0/s1.